The van der Waals surface area contributed by atoms with Crippen molar-refractivity contribution in [3.63, 3.8) is 0 Å². The number of aromatic carboxylic acids is 1. The van der Waals surface area contributed by atoms with Gasteiger partial charge in [-0.3, -0.25) is 10.1 Å². The average Bonchev–Trinajstić information content (AvgIpc) is 2.58. The Bertz CT molecular complexity index is 947. The van der Waals surface area contributed by atoms with Gasteiger partial charge in [-0.2, -0.15) is 13.2 Å². The molecule has 0 aromatic heterocycles. The number of halogens is 7. The van der Waals surface area contributed by atoms with Crippen molar-refractivity contribution in [3.8, 4) is 0 Å². The summed E-state index contributed by atoms with van der Waals surface area (Å²) < 4.78 is 92.3. The smallest absolute Gasteiger partial charge is 0.422 e. The first-order valence-electron chi connectivity index (χ1n) is 7.03. The summed E-state index contributed by atoms with van der Waals surface area (Å²) in [6.07, 6.45) is -5.68. The Kier molecular flexibility index (Phi) is 5.47. The minimum atomic E-state index is -5.68. The quantitative estimate of drug-likeness (QED) is 0.327. The van der Waals surface area contributed by atoms with Crippen LogP contribution in [0.5, 0.6) is 0 Å². The lowest BCUT2D eigenvalue weighted by Crippen LogP contribution is -2.18. The fourth-order valence-electron chi connectivity index (χ4n) is 2.25. The molecule has 2 aromatic carbocycles. The maximum Gasteiger partial charge on any atom is 0.422 e. The summed E-state index contributed by atoms with van der Waals surface area (Å²) in [6, 6.07) is 2.37. The van der Waals surface area contributed by atoms with Crippen LogP contribution in [0.1, 0.15) is 21.5 Å². The second kappa shape index (κ2) is 7.32. The molecule has 0 saturated heterocycles. The average molecular weight is 412 g/mol. The fraction of sp³-hybridized carbons (Fsp3) is 0.133. The second-order valence-corrected chi connectivity index (χ2v) is 5.25. The zero-order valence-corrected chi connectivity index (χ0v) is 13.2. The van der Waals surface area contributed by atoms with Gasteiger partial charge in [0.1, 0.15) is 11.1 Å². The molecule has 0 amide bonds. The molecule has 0 heterocycles. The Hall–Kier alpha value is -3.38. The number of hydrogen-bond acceptors (Lipinski definition) is 4. The van der Waals surface area contributed by atoms with Gasteiger partial charge in [-0.05, 0) is 12.1 Å². The molecule has 2 aromatic rings. The van der Waals surface area contributed by atoms with E-state index in [2.05, 4.69) is 5.32 Å². The molecule has 0 atom stereocenters. The number of nitrogens with zero attached hydrogens (tertiary/aromatic N) is 1. The number of nitro benzene ring substituents is 1. The summed E-state index contributed by atoms with van der Waals surface area (Å²) >= 11 is 0. The Labute approximate surface area is 150 Å². The van der Waals surface area contributed by atoms with E-state index in [1.54, 1.807) is 0 Å². The molecule has 0 spiro atoms. The molecule has 2 N–H and O–H groups in total. The van der Waals surface area contributed by atoms with Gasteiger partial charge in [0.05, 0.1) is 4.92 Å². The van der Waals surface area contributed by atoms with E-state index in [-0.39, 0.29) is 5.69 Å². The fourth-order valence-corrected chi connectivity index (χ4v) is 2.25. The number of carboxylic acid groups (broad SMARTS) is 1. The summed E-state index contributed by atoms with van der Waals surface area (Å²) in [5.74, 6) is -11.6. The Morgan fingerprint density at radius 3 is 2.04 bits per heavy atom. The monoisotopic (exact) mass is 412 g/mol. The lowest BCUT2D eigenvalue weighted by molar-refractivity contribution is -0.385. The second-order valence-electron chi connectivity index (χ2n) is 5.25. The number of anilines is 1. The number of carbonyl (C=O) groups is 1. The van der Waals surface area contributed by atoms with E-state index in [0.717, 1.165) is 12.1 Å². The summed E-state index contributed by atoms with van der Waals surface area (Å²) in [7, 11) is 0. The Morgan fingerprint density at radius 1 is 1.07 bits per heavy atom. The number of alkyl halides is 3. The van der Waals surface area contributed by atoms with Crippen LogP contribution >= 0.6 is 0 Å². The molecule has 0 radical (unpaired) electrons. The molecular formula is C15H7F7N2O4. The van der Waals surface area contributed by atoms with Crippen LogP contribution in [0.4, 0.5) is 42.1 Å². The van der Waals surface area contributed by atoms with E-state index in [1.807, 2.05) is 0 Å². The molecule has 150 valence electrons. The van der Waals surface area contributed by atoms with E-state index >= 15 is 0 Å². The lowest BCUT2D eigenvalue weighted by Gasteiger charge is -2.15. The van der Waals surface area contributed by atoms with Gasteiger partial charge in [0.25, 0.3) is 5.69 Å². The number of benzene rings is 2. The SMILES string of the molecule is O=C(O)c1cc(NCc2c(F)c(F)c(C(F)(F)F)c(F)c2F)ccc1[N+](=O)[O-]. The van der Waals surface area contributed by atoms with Crippen LogP contribution in [0.15, 0.2) is 18.2 Å². The number of nitro groups is 1. The molecule has 0 saturated carbocycles. The van der Waals surface area contributed by atoms with Crippen molar-refractivity contribution in [1.82, 2.24) is 0 Å². The molecule has 13 heteroatoms. The van der Waals surface area contributed by atoms with E-state index in [4.69, 9.17) is 5.11 Å². The highest BCUT2D eigenvalue weighted by molar-refractivity contribution is 5.93. The zero-order valence-electron chi connectivity index (χ0n) is 13.2. The van der Waals surface area contributed by atoms with Crippen LogP contribution in [-0.4, -0.2) is 16.0 Å². The first kappa shape index (κ1) is 20.9. The van der Waals surface area contributed by atoms with Crippen molar-refractivity contribution in [2.24, 2.45) is 0 Å². The molecule has 6 nitrogen and oxygen atoms in total. The minimum Gasteiger partial charge on any atom is -0.477 e. The van der Waals surface area contributed by atoms with Crippen LogP contribution in [0.2, 0.25) is 0 Å². The van der Waals surface area contributed by atoms with Gasteiger partial charge in [0, 0.05) is 23.9 Å². The van der Waals surface area contributed by atoms with Crippen LogP contribution in [-0.2, 0) is 12.7 Å². The third-order valence-electron chi connectivity index (χ3n) is 3.53. The van der Waals surface area contributed by atoms with E-state index < -0.39 is 69.3 Å². The third kappa shape index (κ3) is 3.82. The predicted octanol–water partition coefficient (Wildman–Crippen LogP) is 4.48. The first-order chi connectivity index (χ1) is 12.9. The molecule has 0 bridgehead atoms. The van der Waals surface area contributed by atoms with Crippen molar-refractivity contribution in [2.75, 3.05) is 5.32 Å². The van der Waals surface area contributed by atoms with E-state index in [1.165, 1.54) is 0 Å². The molecule has 0 aliphatic heterocycles. The summed E-state index contributed by atoms with van der Waals surface area (Å²) in [6.45, 7) is -1.08. The Morgan fingerprint density at radius 2 is 1.61 bits per heavy atom. The van der Waals surface area contributed by atoms with Crippen LogP contribution in [0.25, 0.3) is 0 Å². The lowest BCUT2D eigenvalue weighted by atomic mass is 10.1. The normalized spacial score (nSPS) is 11.4. The maximum atomic E-state index is 13.8. The van der Waals surface area contributed by atoms with Gasteiger partial charge in [0.2, 0.25) is 0 Å². The van der Waals surface area contributed by atoms with Gasteiger partial charge < -0.3 is 10.4 Å². The Balaban J connectivity index is 2.42. The van der Waals surface area contributed by atoms with Crippen LogP contribution < -0.4 is 5.32 Å². The van der Waals surface area contributed by atoms with Gasteiger partial charge in [-0.1, -0.05) is 0 Å². The number of nitrogens with one attached hydrogen (secondary N) is 1. The van der Waals surface area contributed by atoms with Crippen LogP contribution in [0.3, 0.4) is 0 Å². The topological polar surface area (TPSA) is 92.5 Å². The number of rotatable bonds is 5. The molecule has 28 heavy (non-hydrogen) atoms. The standard InChI is InChI=1S/C15H7F7N2O4/c16-10-7(11(17)13(19)9(12(10)18)15(20,21)22)4-23-5-1-2-8(24(27)28)6(3-5)14(25)26/h1-3,23H,4H2,(H,25,26). The van der Waals surface area contributed by atoms with Crippen molar-refractivity contribution < 1.29 is 45.6 Å². The highest BCUT2D eigenvalue weighted by atomic mass is 19.4. The van der Waals surface area contributed by atoms with Crippen LogP contribution in [0, 0.1) is 33.4 Å². The van der Waals surface area contributed by atoms with E-state index in [0.29, 0.717) is 6.07 Å². The summed E-state index contributed by atoms with van der Waals surface area (Å²) in [4.78, 5) is 20.8. The largest absolute Gasteiger partial charge is 0.477 e. The van der Waals surface area contributed by atoms with Gasteiger partial charge >= 0.3 is 12.1 Å². The summed E-state index contributed by atoms with van der Waals surface area (Å²) in [5, 5.41) is 21.8. The van der Waals surface area contributed by atoms with Crippen molar-refractivity contribution in [2.45, 2.75) is 12.7 Å². The van der Waals surface area contributed by atoms with E-state index in [9.17, 15) is 45.6 Å². The highest BCUT2D eigenvalue weighted by Gasteiger charge is 2.42. The van der Waals surface area contributed by atoms with Crippen molar-refractivity contribution >= 4 is 17.3 Å². The highest BCUT2D eigenvalue weighted by Crippen LogP contribution is 2.37. The molecule has 0 fully saturated rings. The number of hydrogen-bond donors (Lipinski definition) is 2. The van der Waals surface area contributed by atoms with Crippen molar-refractivity contribution in [3.05, 3.63) is 68.3 Å². The molecule has 0 aliphatic carbocycles. The van der Waals surface area contributed by atoms with Gasteiger partial charge in [-0.15, -0.1) is 0 Å². The molecule has 2 rings (SSSR count). The van der Waals surface area contributed by atoms with Crippen molar-refractivity contribution in [1.29, 1.82) is 0 Å². The molecular weight excluding hydrogens is 405 g/mol. The third-order valence-corrected chi connectivity index (χ3v) is 3.53. The first-order valence-corrected chi connectivity index (χ1v) is 7.03. The van der Waals surface area contributed by atoms with Gasteiger partial charge in [0.15, 0.2) is 23.3 Å². The summed E-state index contributed by atoms with van der Waals surface area (Å²) in [5.41, 5.74) is -6.02. The maximum absolute atomic E-state index is 13.8. The minimum absolute atomic E-state index is 0.262. The predicted molar refractivity (Wildman–Crippen MR) is 78.7 cm³/mol. The zero-order chi connectivity index (χ0) is 21.4. The number of carboxylic acids is 1. The molecule has 0 aliphatic rings. The van der Waals surface area contributed by atoms with Gasteiger partial charge in [-0.25, -0.2) is 22.4 Å². The molecule has 0 unspecified atom stereocenters.